The van der Waals surface area contributed by atoms with Gasteiger partial charge in [0, 0.05) is 61.7 Å². The van der Waals surface area contributed by atoms with Gasteiger partial charge in [0.05, 0.1) is 0 Å². The standard InChI is InChI=1S/C21H27N5O.C7H8N2O/c1-23-16-8-10-17(11-9-16)25-19-7-3-2-6-18(19)20(22)21(27)24-12-15-26-13-4-5-14-26;10-6-9-5-7-2-1-3-8-4-7/h2-3,6-11,22-23,25H,4-5,12-15H2,1H3,(H,24,27);1-4,6H,5H2,(H,9,10). The maximum Gasteiger partial charge on any atom is 0.269 e. The number of nitrogens with one attached hydrogen (secondary N) is 5. The first-order chi connectivity index (χ1) is 18.1. The van der Waals surface area contributed by atoms with Crippen LogP contribution in [-0.2, 0) is 16.1 Å². The maximum absolute atomic E-state index is 12.4. The van der Waals surface area contributed by atoms with Gasteiger partial charge < -0.3 is 26.2 Å². The zero-order valence-electron chi connectivity index (χ0n) is 21.2. The molecule has 0 bridgehead atoms. The molecule has 1 aliphatic heterocycles. The van der Waals surface area contributed by atoms with Crippen molar-refractivity contribution in [3.05, 3.63) is 84.2 Å². The molecule has 9 heteroatoms. The second-order valence-electron chi connectivity index (χ2n) is 8.54. The van der Waals surface area contributed by atoms with Crippen LogP contribution in [0.5, 0.6) is 0 Å². The lowest BCUT2D eigenvalue weighted by Gasteiger charge is -2.16. The number of hydrogen-bond acceptors (Lipinski definition) is 7. The summed E-state index contributed by atoms with van der Waals surface area (Å²) in [7, 11) is 1.88. The first-order valence-electron chi connectivity index (χ1n) is 12.4. The molecule has 1 fully saturated rings. The highest BCUT2D eigenvalue weighted by molar-refractivity contribution is 6.45. The molecular weight excluding hydrogens is 466 g/mol. The Kier molecular flexibility index (Phi) is 11.1. The Morgan fingerprint density at radius 2 is 1.76 bits per heavy atom. The molecule has 0 saturated carbocycles. The summed E-state index contributed by atoms with van der Waals surface area (Å²) in [6.07, 6.45) is 6.56. The minimum absolute atomic E-state index is 0.0219. The summed E-state index contributed by atoms with van der Waals surface area (Å²) in [6, 6.07) is 19.0. The minimum Gasteiger partial charge on any atom is -0.388 e. The topological polar surface area (TPSA) is 122 Å². The number of benzene rings is 2. The van der Waals surface area contributed by atoms with Gasteiger partial charge in [-0.15, -0.1) is 0 Å². The van der Waals surface area contributed by atoms with Gasteiger partial charge in [0.2, 0.25) is 6.41 Å². The molecular formula is C28H35N7O2. The number of carbonyl (C=O) groups excluding carboxylic acids is 2. The van der Waals surface area contributed by atoms with E-state index in [0.29, 0.717) is 25.1 Å². The Balaban J connectivity index is 0.000000319. The predicted molar refractivity (Wildman–Crippen MR) is 148 cm³/mol. The molecule has 1 saturated heterocycles. The van der Waals surface area contributed by atoms with Crippen molar-refractivity contribution in [1.82, 2.24) is 20.5 Å². The Bertz CT molecular complexity index is 1130. The van der Waals surface area contributed by atoms with Gasteiger partial charge in [0.25, 0.3) is 5.91 Å². The molecule has 0 unspecified atom stereocenters. The molecule has 194 valence electrons. The third-order valence-electron chi connectivity index (χ3n) is 5.90. The van der Waals surface area contributed by atoms with E-state index < -0.39 is 0 Å². The lowest BCUT2D eigenvalue weighted by atomic mass is 10.1. The monoisotopic (exact) mass is 501 g/mol. The van der Waals surface area contributed by atoms with Gasteiger partial charge in [0.1, 0.15) is 5.71 Å². The maximum atomic E-state index is 12.4. The normalized spacial score (nSPS) is 12.6. The molecule has 0 atom stereocenters. The number of rotatable bonds is 11. The van der Waals surface area contributed by atoms with Gasteiger partial charge in [-0.3, -0.25) is 20.0 Å². The van der Waals surface area contributed by atoms with Crippen molar-refractivity contribution < 1.29 is 9.59 Å². The highest BCUT2D eigenvalue weighted by Crippen LogP contribution is 2.22. The third kappa shape index (κ3) is 9.05. The Morgan fingerprint density at radius 1 is 1.03 bits per heavy atom. The van der Waals surface area contributed by atoms with Crippen LogP contribution in [-0.4, -0.2) is 61.1 Å². The van der Waals surface area contributed by atoms with E-state index in [9.17, 15) is 9.59 Å². The smallest absolute Gasteiger partial charge is 0.269 e. The van der Waals surface area contributed by atoms with Crippen molar-refractivity contribution in [2.75, 3.05) is 43.9 Å². The van der Waals surface area contributed by atoms with Crippen LogP contribution in [0.4, 0.5) is 17.1 Å². The van der Waals surface area contributed by atoms with Crippen LogP contribution in [0.3, 0.4) is 0 Å². The largest absolute Gasteiger partial charge is 0.388 e. The molecule has 1 aromatic heterocycles. The first kappa shape index (κ1) is 27.3. The van der Waals surface area contributed by atoms with Gasteiger partial charge in [-0.05, 0) is 67.9 Å². The summed E-state index contributed by atoms with van der Waals surface area (Å²) in [6.45, 7) is 4.18. The Labute approximate surface area is 218 Å². The summed E-state index contributed by atoms with van der Waals surface area (Å²) in [4.78, 5) is 28.5. The molecule has 1 aliphatic rings. The number of anilines is 3. The number of nitrogens with zero attached hydrogens (tertiary/aromatic N) is 2. The van der Waals surface area contributed by atoms with Gasteiger partial charge in [-0.2, -0.15) is 0 Å². The number of aromatic nitrogens is 1. The van der Waals surface area contributed by atoms with Crippen LogP contribution in [0, 0.1) is 5.41 Å². The van der Waals surface area contributed by atoms with Crippen molar-refractivity contribution in [3.8, 4) is 0 Å². The molecule has 0 aliphatic carbocycles. The molecule has 2 heterocycles. The SMILES string of the molecule is CNc1ccc(Nc2ccccc2C(=N)C(=O)NCCN2CCCC2)cc1.O=CNCc1cccnc1. The highest BCUT2D eigenvalue weighted by Gasteiger charge is 2.16. The van der Waals surface area contributed by atoms with E-state index in [4.69, 9.17) is 5.41 Å². The van der Waals surface area contributed by atoms with Crippen molar-refractivity contribution >= 4 is 35.1 Å². The second kappa shape index (κ2) is 15.0. The number of likely N-dealkylation sites (tertiary alicyclic amines) is 1. The minimum atomic E-state index is -0.339. The molecule has 2 aromatic carbocycles. The lowest BCUT2D eigenvalue weighted by Crippen LogP contribution is -2.37. The van der Waals surface area contributed by atoms with E-state index in [1.807, 2.05) is 61.6 Å². The van der Waals surface area contributed by atoms with E-state index in [0.717, 1.165) is 42.3 Å². The molecule has 0 radical (unpaired) electrons. The fourth-order valence-electron chi connectivity index (χ4n) is 3.89. The van der Waals surface area contributed by atoms with Gasteiger partial charge >= 0.3 is 0 Å². The van der Waals surface area contributed by atoms with E-state index in [2.05, 4.69) is 31.2 Å². The first-order valence-corrected chi connectivity index (χ1v) is 12.4. The number of amides is 2. The van der Waals surface area contributed by atoms with Crippen LogP contribution < -0.4 is 21.3 Å². The van der Waals surface area contributed by atoms with Crippen molar-refractivity contribution in [1.29, 1.82) is 5.41 Å². The van der Waals surface area contributed by atoms with Gasteiger partial charge in [0.15, 0.2) is 0 Å². The summed E-state index contributed by atoms with van der Waals surface area (Å²) >= 11 is 0. The van der Waals surface area contributed by atoms with Gasteiger partial charge in [-0.1, -0.05) is 24.3 Å². The molecule has 0 spiro atoms. The van der Waals surface area contributed by atoms with E-state index >= 15 is 0 Å². The van der Waals surface area contributed by atoms with Crippen molar-refractivity contribution in [2.45, 2.75) is 19.4 Å². The molecule has 2 amide bonds. The summed E-state index contributed by atoms with van der Waals surface area (Å²) in [5.74, 6) is -0.339. The number of hydrogen-bond donors (Lipinski definition) is 5. The molecule has 3 aromatic rings. The summed E-state index contributed by atoms with van der Waals surface area (Å²) in [5, 5.41) is 20.1. The fraction of sp³-hybridized carbons (Fsp3) is 0.286. The van der Waals surface area contributed by atoms with E-state index in [1.54, 1.807) is 18.5 Å². The molecule has 5 N–H and O–H groups in total. The number of para-hydroxylation sites is 1. The summed E-state index contributed by atoms with van der Waals surface area (Å²) in [5.41, 5.74) is 4.26. The average molecular weight is 502 g/mol. The zero-order chi connectivity index (χ0) is 26.3. The number of carbonyl (C=O) groups is 2. The lowest BCUT2D eigenvalue weighted by molar-refractivity contribution is -0.114. The van der Waals surface area contributed by atoms with E-state index in [-0.39, 0.29) is 11.6 Å². The van der Waals surface area contributed by atoms with Crippen LogP contribution >= 0.6 is 0 Å². The fourth-order valence-corrected chi connectivity index (χ4v) is 3.89. The molecule has 9 nitrogen and oxygen atoms in total. The van der Waals surface area contributed by atoms with Crippen LogP contribution in [0.25, 0.3) is 0 Å². The molecule has 37 heavy (non-hydrogen) atoms. The Hall–Kier alpha value is -4.24. The van der Waals surface area contributed by atoms with Crippen LogP contribution in [0.15, 0.2) is 73.1 Å². The Morgan fingerprint density at radius 3 is 2.43 bits per heavy atom. The predicted octanol–water partition coefficient (Wildman–Crippen LogP) is 3.38. The summed E-state index contributed by atoms with van der Waals surface area (Å²) < 4.78 is 0. The number of pyridine rings is 1. The van der Waals surface area contributed by atoms with E-state index in [1.165, 1.54) is 12.8 Å². The second-order valence-corrected chi connectivity index (χ2v) is 8.54. The quantitative estimate of drug-likeness (QED) is 0.203. The van der Waals surface area contributed by atoms with Crippen LogP contribution in [0.2, 0.25) is 0 Å². The van der Waals surface area contributed by atoms with Gasteiger partial charge in [-0.25, -0.2) is 0 Å². The third-order valence-corrected chi connectivity index (χ3v) is 5.90. The highest BCUT2D eigenvalue weighted by atomic mass is 16.1. The zero-order valence-corrected chi connectivity index (χ0v) is 21.2. The van der Waals surface area contributed by atoms with Crippen LogP contribution in [0.1, 0.15) is 24.0 Å². The average Bonchev–Trinajstić information content (AvgIpc) is 3.47. The van der Waals surface area contributed by atoms with Crippen molar-refractivity contribution in [3.63, 3.8) is 0 Å². The molecule has 4 rings (SSSR count). The van der Waals surface area contributed by atoms with Crippen molar-refractivity contribution in [2.24, 2.45) is 0 Å².